The number of rotatable bonds is 5. The number of benzene rings is 2. The summed E-state index contributed by atoms with van der Waals surface area (Å²) in [6.45, 7) is -0.252. The number of anilines is 1. The van der Waals surface area contributed by atoms with E-state index < -0.39 is 10.8 Å². The minimum Gasteiger partial charge on any atom is -0.506 e. The quantitative estimate of drug-likeness (QED) is 0.480. The minimum atomic E-state index is -0.637. The lowest BCUT2D eigenvalue weighted by Gasteiger charge is -2.08. The fourth-order valence-corrected chi connectivity index (χ4v) is 1.87. The molecule has 0 bridgehead atoms. The summed E-state index contributed by atoms with van der Waals surface area (Å²) in [5, 5.41) is 22.6. The normalized spacial score (nSPS) is 10.0. The fourth-order valence-electron chi connectivity index (χ4n) is 1.61. The first-order chi connectivity index (χ1) is 10.5. The molecule has 2 aromatic rings. The average Bonchev–Trinajstić information content (AvgIpc) is 2.48. The van der Waals surface area contributed by atoms with Gasteiger partial charge in [0, 0.05) is 10.5 Å². The molecule has 22 heavy (non-hydrogen) atoms. The number of carbonyl (C=O) groups excluding carboxylic acids is 1. The van der Waals surface area contributed by atoms with E-state index >= 15 is 0 Å². The van der Waals surface area contributed by atoms with Crippen molar-refractivity contribution >= 4 is 33.2 Å². The molecule has 0 heterocycles. The monoisotopic (exact) mass is 366 g/mol. The van der Waals surface area contributed by atoms with Crippen molar-refractivity contribution in [1.82, 2.24) is 0 Å². The van der Waals surface area contributed by atoms with Gasteiger partial charge in [0.05, 0.1) is 16.7 Å². The number of nitro groups is 1. The van der Waals surface area contributed by atoms with Gasteiger partial charge in [-0.2, -0.15) is 0 Å². The van der Waals surface area contributed by atoms with Crippen LogP contribution in [-0.2, 0) is 4.79 Å². The number of amides is 1. The maximum Gasteiger partial charge on any atom is 0.273 e. The first-order valence-electron chi connectivity index (χ1n) is 6.11. The highest BCUT2D eigenvalue weighted by Crippen LogP contribution is 2.27. The van der Waals surface area contributed by atoms with Crippen LogP contribution in [0.15, 0.2) is 46.9 Å². The summed E-state index contributed by atoms with van der Waals surface area (Å²) in [6.07, 6.45) is 0. The van der Waals surface area contributed by atoms with Gasteiger partial charge in [-0.1, -0.05) is 15.9 Å². The molecule has 1 amide bonds. The van der Waals surface area contributed by atoms with Crippen LogP contribution < -0.4 is 10.1 Å². The van der Waals surface area contributed by atoms with Gasteiger partial charge in [0.15, 0.2) is 6.61 Å². The molecule has 0 spiro atoms. The Balaban J connectivity index is 1.94. The molecular formula is C14H11BrN2O5. The van der Waals surface area contributed by atoms with Gasteiger partial charge in [-0.3, -0.25) is 14.9 Å². The van der Waals surface area contributed by atoms with Crippen LogP contribution >= 0.6 is 15.9 Å². The fraction of sp³-hybridized carbons (Fsp3) is 0.0714. The molecular weight excluding hydrogens is 356 g/mol. The first kappa shape index (κ1) is 15.8. The highest BCUT2D eigenvalue weighted by molar-refractivity contribution is 9.10. The lowest BCUT2D eigenvalue weighted by molar-refractivity contribution is -0.384. The van der Waals surface area contributed by atoms with Crippen LogP contribution in [0.25, 0.3) is 0 Å². The number of hydrogen-bond donors (Lipinski definition) is 2. The van der Waals surface area contributed by atoms with Crippen LogP contribution in [0.3, 0.4) is 0 Å². The second-order valence-electron chi connectivity index (χ2n) is 4.25. The molecule has 0 aliphatic heterocycles. The molecule has 0 aliphatic carbocycles. The van der Waals surface area contributed by atoms with Crippen LogP contribution in [0.5, 0.6) is 11.5 Å². The molecule has 0 fully saturated rings. The number of hydrogen-bond acceptors (Lipinski definition) is 5. The Morgan fingerprint density at radius 3 is 2.55 bits per heavy atom. The summed E-state index contributed by atoms with van der Waals surface area (Å²) >= 11 is 3.28. The second-order valence-corrected chi connectivity index (χ2v) is 5.17. The Labute approximate surface area is 133 Å². The van der Waals surface area contributed by atoms with Crippen LogP contribution in [0, 0.1) is 10.1 Å². The van der Waals surface area contributed by atoms with Gasteiger partial charge < -0.3 is 15.2 Å². The van der Waals surface area contributed by atoms with E-state index in [4.69, 9.17) is 4.74 Å². The highest BCUT2D eigenvalue weighted by atomic mass is 79.9. The summed E-state index contributed by atoms with van der Waals surface area (Å²) in [6, 6.07) is 10.3. The van der Waals surface area contributed by atoms with E-state index in [1.54, 1.807) is 24.3 Å². The molecule has 2 N–H and O–H groups in total. The van der Waals surface area contributed by atoms with Gasteiger partial charge in [-0.25, -0.2) is 0 Å². The topological polar surface area (TPSA) is 102 Å². The molecule has 0 unspecified atom stereocenters. The third-order valence-corrected chi connectivity index (χ3v) is 3.18. The number of aromatic hydroxyl groups is 1. The van der Waals surface area contributed by atoms with Gasteiger partial charge in [-0.05, 0) is 30.3 Å². The van der Waals surface area contributed by atoms with E-state index in [1.165, 1.54) is 12.1 Å². The van der Waals surface area contributed by atoms with Gasteiger partial charge in [0.25, 0.3) is 11.6 Å². The number of nitrogens with one attached hydrogen (secondary N) is 1. The van der Waals surface area contributed by atoms with Crippen molar-refractivity contribution in [3.05, 3.63) is 57.1 Å². The number of non-ortho nitro benzene ring substituents is 1. The lowest BCUT2D eigenvalue weighted by atomic mass is 10.2. The standard InChI is InChI=1S/C14H11BrN2O5/c15-9-1-4-11(5-2-9)22-8-14(19)16-12-6-3-10(17(20)21)7-13(12)18/h1-7,18H,8H2,(H,16,19). The number of nitrogens with zero attached hydrogens (tertiary/aromatic N) is 1. The maximum atomic E-state index is 11.7. The van der Waals surface area contributed by atoms with Crippen LogP contribution in [-0.4, -0.2) is 22.5 Å². The maximum absolute atomic E-state index is 11.7. The number of halogens is 1. The Kier molecular flexibility index (Phi) is 4.95. The largest absolute Gasteiger partial charge is 0.506 e. The van der Waals surface area contributed by atoms with Crippen molar-refractivity contribution in [1.29, 1.82) is 0 Å². The summed E-state index contributed by atoms with van der Waals surface area (Å²) in [4.78, 5) is 21.7. The molecule has 0 aromatic heterocycles. The number of carbonyl (C=O) groups is 1. The lowest BCUT2D eigenvalue weighted by Crippen LogP contribution is -2.20. The summed E-state index contributed by atoms with van der Waals surface area (Å²) in [5.74, 6) is -0.357. The van der Waals surface area contributed by atoms with Gasteiger partial charge >= 0.3 is 0 Å². The summed E-state index contributed by atoms with van der Waals surface area (Å²) in [5.41, 5.74) is -0.184. The van der Waals surface area contributed by atoms with Gasteiger partial charge in [-0.15, -0.1) is 0 Å². The third kappa shape index (κ3) is 4.19. The number of phenolic OH excluding ortho intramolecular Hbond substituents is 1. The molecule has 0 radical (unpaired) electrons. The van der Waals surface area contributed by atoms with E-state index in [0.29, 0.717) is 5.75 Å². The smallest absolute Gasteiger partial charge is 0.273 e. The predicted molar refractivity (Wildman–Crippen MR) is 83.0 cm³/mol. The van der Waals surface area contributed by atoms with Crippen molar-refractivity contribution < 1.29 is 19.6 Å². The second kappa shape index (κ2) is 6.90. The molecule has 0 atom stereocenters. The Morgan fingerprint density at radius 2 is 1.95 bits per heavy atom. The van der Waals surface area contributed by atoms with E-state index in [0.717, 1.165) is 10.5 Å². The van der Waals surface area contributed by atoms with Crippen molar-refractivity contribution in [2.24, 2.45) is 0 Å². The molecule has 0 saturated heterocycles. The summed E-state index contributed by atoms with van der Waals surface area (Å²) < 4.78 is 6.16. The Morgan fingerprint density at radius 1 is 1.27 bits per heavy atom. The zero-order valence-electron chi connectivity index (χ0n) is 11.2. The van der Waals surface area contributed by atoms with Crippen molar-refractivity contribution in [2.45, 2.75) is 0 Å². The summed E-state index contributed by atoms with van der Waals surface area (Å²) in [7, 11) is 0. The third-order valence-electron chi connectivity index (χ3n) is 2.65. The number of nitro benzene ring substituents is 1. The molecule has 7 nitrogen and oxygen atoms in total. The zero-order chi connectivity index (χ0) is 16.1. The molecule has 2 rings (SSSR count). The SMILES string of the molecule is O=C(COc1ccc(Br)cc1)Nc1ccc([N+](=O)[O-])cc1O. The van der Waals surface area contributed by atoms with E-state index in [9.17, 15) is 20.0 Å². The van der Waals surface area contributed by atoms with E-state index in [1.807, 2.05) is 0 Å². The van der Waals surface area contributed by atoms with Crippen LogP contribution in [0.1, 0.15) is 0 Å². The van der Waals surface area contributed by atoms with Crippen molar-refractivity contribution in [3.63, 3.8) is 0 Å². The van der Waals surface area contributed by atoms with Crippen molar-refractivity contribution in [3.8, 4) is 11.5 Å². The van der Waals surface area contributed by atoms with Crippen LogP contribution in [0.2, 0.25) is 0 Å². The predicted octanol–water partition coefficient (Wildman–Crippen LogP) is 3.08. The number of ether oxygens (including phenoxy) is 1. The molecule has 114 valence electrons. The van der Waals surface area contributed by atoms with E-state index in [-0.39, 0.29) is 23.7 Å². The Bertz CT molecular complexity index is 703. The van der Waals surface area contributed by atoms with Gasteiger partial charge in [0.1, 0.15) is 11.5 Å². The van der Waals surface area contributed by atoms with Crippen LogP contribution in [0.4, 0.5) is 11.4 Å². The molecule has 0 saturated carbocycles. The minimum absolute atomic E-state index is 0.0787. The first-order valence-corrected chi connectivity index (χ1v) is 6.90. The molecule has 0 aliphatic rings. The van der Waals surface area contributed by atoms with Gasteiger partial charge in [0.2, 0.25) is 0 Å². The molecule has 2 aromatic carbocycles. The number of phenols is 1. The Hall–Kier alpha value is -2.61. The zero-order valence-corrected chi connectivity index (χ0v) is 12.7. The van der Waals surface area contributed by atoms with Crippen molar-refractivity contribution in [2.75, 3.05) is 11.9 Å². The average molecular weight is 367 g/mol. The highest BCUT2D eigenvalue weighted by Gasteiger charge is 2.12. The molecule has 8 heteroatoms. The van der Waals surface area contributed by atoms with E-state index in [2.05, 4.69) is 21.2 Å².